The van der Waals surface area contributed by atoms with Crippen LogP contribution in [-0.4, -0.2) is 76.3 Å². The number of carboxylic acid groups (broad SMARTS) is 1. The fraction of sp³-hybridized carbons (Fsp3) is 0.950. The molecule has 288 valence electrons. The maximum absolute atomic E-state index is 12.3. The zero-order chi connectivity index (χ0) is 35.4. The van der Waals surface area contributed by atoms with Gasteiger partial charge in [0.05, 0.1) is 13.2 Å². The number of nitrogens with one attached hydrogen (secondary N) is 2. The van der Waals surface area contributed by atoms with Crippen LogP contribution in [0, 0.1) is 0 Å². The van der Waals surface area contributed by atoms with Crippen molar-refractivity contribution in [3.8, 4) is 0 Å². The zero-order valence-electron chi connectivity index (χ0n) is 32.2. The molecule has 0 aliphatic rings. The minimum Gasteiger partial charge on any atom is -0.483 e. The van der Waals surface area contributed by atoms with Crippen molar-refractivity contribution in [2.45, 2.75) is 194 Å². The van der Waals surface area contributed by atoms with Crippen molar-refractivity contribution in [1.29, 1.82) is 0 Å². The maximum Gasteiger partial charge on any atom is 0.320 e. The molecule has 0 bridgehead atoms. The minimum absolute atomic E-state index is 0.181. The summed E-state index contributed by atoms with van der Waals surface area (Å²) in [4.78, 5) is 20.6. The lowest BCUT2D eigenvalue weighted by Crippen LogP contribution is -2.31. The average Bonchev–Trinajstić information content (AvgIpc) is 3.08. The van der Waals surface area contributed by atoms with E-state index in [9.17, 15) is 4.79 Å². The van der Waals surface area contributed by atoms with E-state index in [-0.39, 0.29) is 31.7 Å². The first-order valence-electron chi connectivity index (χ1n) is 20.5. The Hall–Kier alpha value is -1.22. The predicted octanol–water partition coefficient (Wildman–Crippen LogP) is 10.0. The molecule has 0 radical (unpaired) electrons. The van der Waals surface area contributed by atoms with E-state index in [1.807, 2.05) is 0 Å². The number of esters is 1. The lowest BCUT2D eigenvalue weighted by molar-refractivity contribution is -0.148. The summed E-state index contributed by atoms with van der Waals surface area (Å²) in [6.07, 6.45) is 34.1. The Kier molecular flexibility index (Phi) is 46.6. The van der Waals surface area contributed by atoms with Crippen LogP contribution < -0.4 is 10.6 Å². The molecule has 0 aromatic rings. The quantitative estimate of drug-likeness (QED) is 0.0333. The first-order valence-corrected chi connectivity index (χ1v) is 20.5. The maximum atomic E-state index is 12.3. The van der Waals surface area contributed by atoms with Crippen LogP contribution in [0.1, 0.15) is 188 Å². The molecule has 3 N–H and O–H groups in total. The number of hydrogen-bond acceptors (Lipinski definition) is 7. The van der Waals surface area contributed by atoms with E-state index in [2.05, 4.69) is 31.4 Å². The minimum atomic E-state index is -0.250. The highest BCUT2D eigenvalue weighted by atomic mass is 16.6. The number of rotatable bonds is 39. The molecule has 8 nitrogen and oxygen atoms in total. The molecule has 0 rings (SSSR count). The van der Waals surface area contributed by atoms with Gasteiger partial charge in [-0.1, -0.05) is 162 Å². The number of carbonyl (C=O) groups excluding carboxylic acids is 1. The molecule has 0 fully saturated rings. The molecular weight excluding hydrogens is 604 g/mol. The third-order valence-electron chi connectivity index (χ3n) is 8.70. The van der Waals surface area contributed by atoms with E-state index in [4.69, 9.17) is 24.1 Å². The Morgan fingerprint density at radius 3 is 1.40 bits per heavy atom. The standard InChI is InChI=1S/C39H80N2O4.CH2O2/c1-4-7-9-11-13-15-17-19-21-23-25-29-33-43-36-38(37-45-39(42)35-41-32-28-27-31-40-6-3)44-34-30-26-24-22-20-18-16-14-12-10-8-5-2;2-1-3/h38,40-41H,4-37H2,1-3H3;1H,(H,2,3). The summed E-state index contributed by atoms with van der Waals surface area (Å²) in [7, 11) is 0. The molecule has 0 saturated carbocycles. The lowest BCUT2D eigenvalue weighted by Gasteiger charge is -2.18. The van der Waals surface area contributed by atoms with Crippen molar-refractivity contribution in [3.63, 3.8) is 0 Å². The van der Waals surface area contributed by atoms with Gasteiger partial charge in [0.15, 0.2) is 0 Å². The second-order valence-electron chi connectivity index (χ2n) is 13.4. The van der Waals surface area contributed by atoms with Crippen LogP contribution in [0.15, 0.2) is 0 Å². The Labute approximate surface area is 298 Å². The van der Waals surface area contributed by atoms with Crippen molar-refractivity contribution < 1.29 is 28.9 Å². The van der Waals surface area contributed by atoms with Crippen molar-refractivity contribution in [2.24, 2.45) is 0 Å². The van der Waals surface area contributed by atoms with Gasteiger partial charge >= 0.3 is 5.97 Å². The van der Waals surface area contributed by atoms with Gasteiger partial charge in [0.2, 0.25) is 0 Å². The molecule has 0 spiro atoms. The van der Waals surface area contributed by atoms with Gasteiger partial charge in [0.1, 0.15) is 12.7 Å². The first-order chi connectivity index (χ1) is 23.7. The molecule has 48 heavy (non-hydrogen) atoms. The van der Waals surface area contributed by atoms with Gasteiger partial charge in [-0.05, 0) is 45.3 Å². The van der Waals surface area contributed by atoms with Crippen LogP contribution in [0.5, 0.6) is 0 Å². The smallest absolute Gasteiger partial charge is 0.320 e. The highest BCUT2D eigenvalue weighted by molar-refractivity contribution is 5.71. The Bertz CT molecular complexity index is 610. The number of hydrogen-bond donors (Lipinski definition) is 3. The summed E-state index contributed by atoms with van der Waals surface area (Å²) in [5.74, 6) is -0.207. The first kappa shape index (κ1) is 48.9. The topological polar surface area (TPSA) is 106 Å². The van der Waals surface area contributed by atoms with Gasteiger partial charge in [-0.3, -0.25) is 9.59 Å². The second kappa shape index (κ2) is 45.8. The van der Waals surface area contributed by atoms with Gasteiger partial charge in [-0.2, -0.15) is 0 Å². The Morgan fingerprint density at radius 1 is 0.562 bits per heavy atom. The average molecular weight is 687 g/mol. The van der Waals surface area contributed by atoms with Crippen molar-refractivity contribution in [1.82, 2.24) is 10.6 Å². The molecule has 0 aliphatic heterocycles. The summed E-state index contributed by atoms with van der Waals surface area (Å²) < 4.78 is 17.7. The fourth-order valence-corrected chi connectivity index (χ4v) is 5.70. The molecule has 1 atom stereocenters. The zero-order valence-corrected chi connectivity index (χ0v) is 32.2. The number of unbranched alkanes of at least 4 members (excludes halogenated alkanes) is 23. The molecule has 0 amide bonds. The molecule has 0 saturated heterocycles. The van der Waals surface area contributed by atoms with Crippen LogP contribution in [0.4, 0.5) is 0 Å². The third kappa shape index (κ3) is 44.8. The van der Waals surface area contributed by atoms with E-state index in [0.29, 0.717) is 13.2 Å². The summed E-state index contributed by atoms with van der Waals surface area (Å²) in [5, 5.41) is 13.4. The van der Waals surface area contributed by atoms with Gasteiger partial charge in [-0.15, -0.1) is 0 Å². The monoisotopic (exact) mass is 687 g/mol. The third-order valence-corrected chi connectivity index (χ3v) is 8.70. The predicted molar refractivity (Wildman–Crippen MR) is 203 cm³/mol. The molecule has 0 aromatic carbocycles. The molecule has 0 aromatic heterocycles. The summed E-state index contributed by atoms with van der Waals surface area (Å²) in [6, 6.07) is 0. The van der Waals surface area contributed by atoms with Gasteiger partial charge in [0.25, 0.3) is 6.47 Å². The van der Waals surface area contributed by atoms with Gasteiger partial charge < -0.3 is 30.0 Å². The van der Waals surface area contributed by atoms with E-state index in [1.165, 1.54) is 141 Å². The molecule has 0 aliphatic carbocycles. The number of ether oxygens (including phenoxy) is 3. The van der Waals surface area contributed by atoms with E-state index in [1.54, 1.807) is 0 Å². The van der Waals surface area contributed by atoms with Gasteiger partial charge in [0, 0.05) is 13.2 Å². The molecule has 0 heterocycles. The van der Waals surface area contributed by atoms with E-state index < -0.39 is 0 Å². The van der Waals surface area contributed by atoms with Crippen LogP contribution in [0.3, 0.4) is 0 Å². The second-order valence-corrected chi connectivity index (χ2v) is 13.4. The number of carbonyl (C=O) groups is 2. The van der Waals surface area contributed by atoms with Crippen LogP contribution in [-0.2, 0) is 23.8 Å². The van der Waals surface area contributed by atoms with Gasteiger partial charge in [-0.25, -0.2) is 0 Å². The highest BCUT2D eigenvalue weighted by Gasteiger charge is 2.13. The lowest BCUT2D eigenvalue weighted by atomic mass is 10.1. The summed E-state index contributed by atoms with van der Waals surface area (Å²) >= 11 is 0. The summed E-state index contributed by atoms with van der Waals surface area (Å²) in [6.45, 7) is 11.8. The van der Waals surface area contributed by atoms with E-state index in [0.717, 1.165) is 51.9 Å². The van der Waals surface area contributed by atoms with Crippen molar-refractivity contribution in [3.05, 3.63) is 0 Å². The molecule has 8 heteroatoms. The van der Waals surface area contributed by atoms with Crippen molar-refractivity contribution in [2.75, 3.05) is 52.6 Å². The van der Waals surface area contributed by atoms with Crippen LogP contribution in [0.2, 0.25) is 0 Å². The fourth-order valence-electron chi connectivity index (χ4n) is 5.70. The van der Waals surface area contributed by atoms with E-state index >= 15 is 0 Å². The highest BCUT2D eigenvalue weighted by Crippen LogP contribution is 2.13. The Morgan fingerprint density at radius 2 is 0.958 bits per heavy atom. The summed E-state index contributed by atoms with van der Waals surface area (Å²) in [5.41, 5.74) is 0. The largest absolute Gasteiger partial charge is 0.483 e. The van der Waals surface area contributed by atoms with Crippen LogP contribution >= 0.6 is 0 Å². The SMILES string of the molecule is CCCCCCCCCCCCCCOCC(COC(=O)CNCCCCNCC)OCCCCCCCCCCCCCC.O=CO. The Balaban J connectivity index is 0. The van der Waals surface area contributed by atoms with Crippen molar-refractivity contribution >= 4 is 12.4 Å². The van der Waals surface area contributed by atoms with Crippen LogP contribution in [0.25, 0.3) is 0 Å². The molecule has 1 unspecified atom stereocenters. The normalized spacial score (nSPS) is 11.6. The molecular formula is C40H82N2O6.